The van der Waals surface area contributed by atoms with E-state index in [2.05, 4.69) is 10.3 Å². The number of aromatic nitrogens is 2. The van der Waals surface area contributed by atoms with Crippen LogP contribution in [0.15, 0.2) is 15.8 Å². The molecule has 0 saturated carbocycles. The molecule has 0 fully saturated rings. The van der Waals surface area contributed by atoms with Gasteiger partial charge in [-0.2, -0.15) is 0 Å². The van der Waals surface area contributed by atoms with Gasteiger partial charge in [0.05, 0.1) is 0 Å². The first-order valence-electron chi connectivity index (χ1n) is 7.10. The Hall–Kier alpha value is -2.58. The number of H-pyrrole nitrogens is 1. The number of ether oxygens (including phenoxy) is 1. The van der Waals surface area contributed by atoms with Gasteiger partial charge in [0.1, 0.15) is 12.1 Å². The average molecular weight is 327 g/mol. The summed E-state index contributed by atoms with van der Waals surface area (Å²) >= 11 is 0. The number of amides is 1. The molecule has 1 aromatic heterocycles. The summed E-state index contributed by atoms with van der Waals surface area (Å²) < 4.78 is 5.98. The largest absolute Gasteiger partial charge is 0.480 e. The molecule has 0 unspecified atom stereocenters. The van der Waals surface area contributed by atoms with Crippen molar-refractivity contribution in [2.24, 2.45) is 0 Å². The summed E-state index contributed by atoms with van der Waals surface area (Å²) in [6.45, 7) is 5.00. The molecule has 0 aliphatic heterocycles. The maximum atomic E-state index is 11.7. The predicted molar refractivity (Wildman–Crippen MR) is 81.5 cm³/mol. The number of hydrogen-bond donors (Lipinski definition) is 3. The van der Waals surface area contributed by atoms with Gasteiger partial charge in [-0.1, -0.05) is 0 Å². The second kappa shape index (κ2) is 7.61. The van der Waals surface area contributed by atoms with Crippen LogP contribution in [-0.2, 0) is 22.5 Å². The third-order valence-electron chi connectivity index (χ3n) is 2.68. The number of nitrogens with zero attached hydrogens (tertiary/aromatic N) is 1. The minimum Gasteiger partial charge on any atom is -0.480 e. The molecule has 0 spiro atoms. The second-order valence-electron chi connectivity index (χ2n) is 5.97. The number of aromatic amines is 1. The Morgan fingerprint density at radius 3 is 2.57 bits per heavy atom. The van der Waals surface area contributed by atoms with Crippen molar-refractivity contribution in [2.45, 2.75) is 45.8 Å². The molecule has 0 saturated heterocycles. The molecule has 9 nitrogen and oxygen atoms in total. The number of hydrogen-bond acceptors (Lipinski definition) is 5. The van der Waals surface area contributed by atoms with Crippen molar-refractivity contribution in [1.29, 1.82) is 0 Å². The van der Waals surface area contributed by atoms with Gasteiger partial charge in [-0.15, -0.1) is 0 Å². The molecule has 23 heavy (non-hydrogen) atoms. The van der Waals surface area contributed by atoms with Gasteiger partial charge in [-0.3, -0.25) is 19.1 Å². The highest BCUT2D eigenvalue weighted by Crippen LogP contribution is 2.06. The number of aliphatic carboxylic acids is 1. The molecular weight excluding hydrogens is 306 g/mol. The Kier molecular flexibility index (Phi) is 6.11. The Morgan fingerprint density at radius 2 is 2.00 bits per heavy atom. The van der Waals surface area contributed by atoms with Crippen LogP contribution in [0, 0.1) is 0 Å². The number of rotatable bonds is 6. The van der Waals surface area contributed by atoms with Gasteiger partial charge in [0, 0.05) is 18.3 Å². The van der Waals surface area contributed by atoms with E-state index in [0.717, 1.165) is 4.57 Å². The zero-order valence-corrected chi connectivity index (χ0v) is 13.3. The topological polar surface area (TPSA) is 130 Å². The van der Waals surface area contributed by atoms with Crippen molar-refractivity contribution in [3.8, 4) is 0 Å². The van der Waals surface area contributed by atoms with E-state index in [-0.39, 0.29) is 18.5 Å². The molecule has 0 aliphatic rings. The summed E-state index contributed by atoms with van der Waals surface area (Å²) in [5, 5.41) is 11.3. The van der Waals surface area contributed by atoms with Gasteiger partial charge in [0.25, 0.3) is 5.56 Å². The summed E-state index contributed by atoms with van der Waals surface area (Å²) in [6.07, 6.45) is 1.39. The van der Waals surface area contributed by atoms with E-state index in [1.807, 2.05) is 0 Å². The molecule has 0 aromatic carbocycles. The van der Waals surface area contributed by atoms with E-state index >= 15 is 0 Å². The van der Waals surface area contributed by atoms with Crippen molar-refractivity contribution in [3.63, 3.8) is 0 Å². The van der Waals surface area contributed by atoms with E-state index in [1.165, 1.54) is 6.20 Å². The normalized spacial score (nSPS) is 11.1. The molecule has 1 heterocycles. The van der Waals surface area contributed by atoms with Gasteiger partial charge in [0.2, 0.25) is 0 Å². The van der Waals surface area contributed by atoms with Crippen LogP contribution in [0.4, 0.5) is 4.79 Å². The molecule has 0 bridgehead atoms. The average Bonchev–Trinajstić information content (AvgIpc) is 2.36. The smallest absolute Gasteiger partial charge is 0.407 e. The molecule has 3 N–H and O–H groups in total. The monoisotopic (exact) mass is 327 g/mol. The Labute approximate surface area is 132 Å². The van der Waals surface area contributed by atoms with Crippen LogP contribution in [0.3, 0.4) is 0 Å². The van der Waals surface area contributed by atoms with Crippen molar-refractivity contribution < 1.29 is 19.4 Å². The maximum Gasteiger partial charge on any atom is 0.407 e. The minimum atomic E-state index is -1.18. The van der Waals surface area contributed by atoms with E-state index in [1.54, 1.807) is 20.8 Å². The van der Waals surface area contributed by atoms with Crippen molar-refractivity contribution in [2.75, 3.05) is 6.54 Å². The van der Waals surface area contributed by atoms with Gasteiger partial charge in [0.15, 0.2) is 0 Å². The van der Waals surface area contributed by atoms with Crippen LogP contribution in [-0.4, -0.2) is 38.9 Å². The van der Waals surface area contributed by atoms with Gasteiger partial charge >= 0.3 is 17.8 Å². The number of nitrogens with one attached hydrogen (secondary N) is 2. The highest BCUT2D eigenvalue weighted by Gasteiger charge is 2.15. The molecule has 9 heteroatoms. The number of carboxylic acids is 1. The number of carboxylic acid groups (broad SMARTS) is 1. The number of alkyl carbamates (subject to hydrolysis) is 1. The summed E-state index contributed by atoms with van der Waals surface area (Å²) in [4.78, 5) is 47.3. The lowest BCUT2D eigenvalue weighted by Crippen LogP contribution is -2.34. The number of aryl methyl sites for hydroxylation is 1. The standard InChI is InChI=1S/C14H21N3O6/c1-14(2,3)23-13(22)15-6-4-5-9-7-17(8-10(18)19)12(21)16-11(9)20/h7H,4-6,8H2,1-3H3,(H,15,22)(H,18,19)(H,16,20,21). The highest BCUT2D eigenvalue weighted by atomic mass is 16.6. The number of carbonyl (C=O) groups is 2. The molecule has 1 amide bonds. The molecule has 0 radical (unpaired) electrons. The lowest BCUT2D eigenvalue weighted by atomic mass is 10.2. The molecule has 0 atom stereocenters. The van der Waals surface area contributed by atoms with E-state index < -0.39 is 35.5 Å². The first kappa shape index (κ1) is 18.5. The Bertz CT molecular complexity index is 683. The SMILES string of the molecule is CC(C)(C)OC(=O)NCCCc1cn(CC(=O)O)c(=O)[nH]c1=O. The predicted octanol–water partition coefficient (Wildman–Crippen LogP) is 0.0785. The Morgan fingerprint density at radius 1 is 1.35 bits per heavy atom. The van der Waals surface area contributed by atoms with E-state index in [4.69, 9.17) is 9.84 Å². The second-order valence-corrected chi connectivity index (χ2v) is 5.97. The molecule has 0 aliphatic carbocycles. The fourth-order valence-electron chi connectivity index (χ4n) is 1.78. The van der Waals surface area contributed by atoms with Crippen LogP contribution >= 0.6 is 0 Å². The van der Waals surface area contributed by atoms with E-state index in [9.17, 15) is 19.2 Å². The zero-order chi connectivity index (χ0) is 17.6. The Balaban J connectivity index is 2.58. The van der Waals surface area contributed by atoms with Crippen LogP contribution in [0.2, 0.25) is 0 Å². The van der Waals surface area contributed by atoms with Gasteiger partial charge < -0.3 is 15.2 Å². The lowest BCUT2D eigenvalue weighted by Gasteiger charge is -2.19. The molecule has 128 valence electrons. The van der Waals surface area contributed by atoms with Crippen molar-refractivity contribution in [1.82, 2.24) is 14.9 Å². The fraction of sp³-hybridized carbons (Fsp3) is 0.571. The number of carbonyl (C=O) groups excluding carboxylic acids is 1. The summed E-state index contributed by atoms with van der Waals surface area (Å²) in [5.74, 6) is -1.18. The van der Waals surface area contributed by atoms with Crippen LogP contribution < -0.4 is 16.6 Å². The van der Waals surface area contributed by atoms with Gasteiger partial charge in [-0.25, -0.2) is 9.59 Å². The van der Waals surface area contributed by atoms with Crippen LogP contribution in [0.25, 0.3) is 0 Å². The van der Waals surface area contributed by atoms with Crippen molar-refractivity contribution >= 4 is 12.1 Å². The zero-order valence-electron chi connectivity index (χ0n) is 13.3. The van der Waals surface area contributed by atoms with Crippen LogP contribution in [0.1, 0.15) is 32.8 Å². The van der Waals surface area contributed by atoms with Gasteiger partial charge in [-0.05, 0) is 33.6 Å². The van der Waals surface area contributed by atoms with Crippen LogP contribution in [0.5, 0.6) is 0 Å². The maximum absolute atomic E-state index is 11.7. The minimum absolute atomic E-state index is 0.275. The summed E-state index contributed by atoms with van der Waals surface area (Å²) in [7, 11) is 0. The lowest BCUT2D eigenvalue weighted by molar-refractivity contribution is -0.137. The third kappa shape index (κ3) is 6.81. The fourth-order valence-corrected chi connectivity index (χ4v) is 1.78. The van der Waals surface area contributed by atoms with E-state index in [0.29, 0.717) is 6.42 Å². The first-order valence-corrected chi connectivity index (χ1v) is 7.10. The van der Waals surface area contributed by atoms with Crippen molar-refractivity contribution in [3.05, 3.63) is 32.6 Å². The summed E-state index contributed by atoms with van der Waals surface area (Å²) in [6, 6.07) is 0. The summed E-state index contributed by atoms with van der Waals surface area (Å²) in [5.41, 5.74) is -1.65. The third-order valence-corrected chi connectivity index (χ3v) is 2.68. The molecular formula is C14H21N3O6. The highest BCUT2D eigenvalue weighted by molar-refractivity contribution is 5.67. The quantitative estimate of drug-likeness (QED) is 0.634. The molecule has 1 rings (SSSR count). The molecule has 1 aromatic rings. The first-order chi connectivity index (χ1) is 10.6.